The monoisotopic (exact) mass is 350 g/mol. The molecule has 0 aliphatic rings. The SMILES string of the molecule is CCN(c1cccc(C)c1)c1cnc(C(=O)Nc2ccc(F)cc2)cn1. The van der Waals surface area contributed by atoms with Crippen LogP contribution in [-0.2, 0) is 0 Å². The highest BCUT2D eigenvalue weighted by atomic mass is 19.1. The fourth-order valence-electron chi connectivity index (χ4n) is 2.58. The van der Waals surface area contributed by atoms with Gasteiger partial charge < -0.3 is 10.2 Å². The number of halogens is 1. The predicted octanol–water partition coefficient (Wildman–Crippen LogP) is 4.33. The lowest BCUT2D eigenvalue weighted by Crippen LogP contribution is -2.19. The van der Waals surface area contributed by atoms with E-state index in [1.165, 1.54) is 30.5 Å². The molecule has 0 spiro atoms. The number of anilines is 3. The molecule has 0 fully saturated rings. The van der Waals surface area contributed by atoms with Gasteiger partial charge >= 0.3 is 0 Å². The van der Waals surface area contributed by atoms with E-state index in [1.807, 2.05) is 36.9 Å². The Morgan fingerprint density at radius 1 is 1.12 bits per heavy atom. The van der Waals surface area contributed by atoms with Crippen molar-refractivity contribution < 1.29 is 9.18 Å². The summed E-state index contributed by atoms with van der Waals surface area (Å²) in [4.78, 5) is 22.9. The summed E-state index contributed by atoms with van der Waals surface area (Å²) in [5.41, 5.74) is 2.87. The molecule has 1 heterocycles. The predicted molar refractivity (Wildman–Crippen MR) is 100 cm³/mol. The zero-order valence-corrected chi connectivity index (χ0v) is 14.6. The second-order valence-corrected chi connectivity index (χ2v) is 5.80. The van der Waals surface area contributed by atoms with E-state index < -0.39 is 5.91 Å². The lowest BCUT2D eigenvalue weighted by Gasteiger charge is -2.22. The van der Waals surface area contributed by atoms with Gasteiger partial charge in [-0.05, 0) is 55.8 Å². The van der Waals surface area contributed by atoms with Gasteiger partial charge in [0.2, 0.25) is 0 Å². The molecule has 0 unspecified atom stereocenters. The average molecular weight is 350 g/mol. The van der Waals surface area contributed by atoms with Crippen molar-refractivity contribution in [1.82, 2.24) is 9.97 Å². The van der Waals surface area contributed by atoms with Gasteiger partial charge in [0, 0.05) is 17.9 Å². The summed E-state index contributed by atoms with van der Waals surface area (Å²) in [7, 11) is 0. The zero-order chi connectivity index (χ0) is 18.5. The van der Waals surface area contributed by atoms with Crippen molar-refractivity contribution in [2.45, 2.75) is 13.8 Å². The Morgan fingerprint density at radius 3 is 2.50 bits per heavy atom. The average Bonchev–Trinajstić information content (AvgIpc) is 2.65. The Morgan fingerprint density at radius 2 is 1.88 bits per heavy atom. The number of benzene rings is 2. The van der Waals surface area contributed by atoms with Crippen LogP contribution in [0.5, 0.6) is 0 Å². The van der Waals surface area contributed by atoms with Gasteiger partial charge in [-0.25, -0.2) is 14.4 Å². The molecule has 0 bridgehead atoms. The van der Waals surface area contributed by atoms with E-state index in [1.54, 1.807) is 6.20 Å². The summed E-state index contributed by atoms with van der Waals surface area (Å²) in [5.74, 6) is -0.0892. The van der Waals surface area contributed by atoms with Crippen molar-refractivity contribution in [3.8, 4) is 0 Å². The van der Waals surface area contributed by atoms with Gasteiger partial charge in [0.1, 0.15) is 11.5 Å². The Bertz CT molecular complexity index is 894. The zero-order valence-electron chi connectivity index (χ0n) is 14.6. The number of aromatic nitrogens is 2. The molecule has 1 N–H and O–H groups in total. The topological polar surface area (TPSA) is 58.1 Å². The smallest absolute Gasteiger partial charge is 0.275 e. The first-order valence-electron chi connectivity index (χ1n) is 8.30. The van der Waals surface area contributed by atoms with Crippen LogP contribution in [0.4, 0.5) is 21.6 Å². The highest BCUT2D eigenvalue weighted by molar-refractivity contribution is 6.02. The standard InChI is InChI=1S/C20H19FN4O/c1-3-25(17-6-4-5-14(2)11-17)19-13-22-18(12-23-19)20(26)24-16-9-7-15(21)8-10-16/h4-13H,3H2,1-2H3,(H,24,26). The lowest BCUT2D eigenvalue weighted by molar-refractivity contribution is 0.102. The number of nitrogens with zero attached hydrogens (tertiary/aromatic N) is 3. The number of rotatable bonds is 5. The van der Waals surface area contributed by atoms with Crippen LogP contribution >= 0.6 is 0 Å². The third-order valence-corrected chi connectivity index (χ3v) is 3.88. The highest BCUT2D eigenvalue weighted by Crippen LogP contribution is 2.23. The van der Waals surface area contributed by atoms with Crippen LogP contribution in [0.3, 0.4) is 0 Å². The molecule has 3 rings (SSSR count). The van der Waals surface area contributed by atoms with Crippen molar-refractivity contribution in [3.05, 3.63) is 78.0 Å². The molecule has 0 atom stereocenters. The van der Waals surface area contributed by atoms with E-state index in [4.69, 9.17) is 0 Å². The Labute approximate surface area is 151 Å². The third-order valence-electron chi connectivity index (χ3n) is 3.88. The van der Waals surface area contributed by atoms with Gasteiger partial charge in [-0.1, -0.05) is 12.1 Å². The van der Waals surface area contributed by atoms with E-state index in [0.29, 0.717) is 11.5 Å². The number of carbonyl (C=O) groups is 1. The minimum absolute atomic E-state index is 0.193. The van der Waals surface area contributed by atoms with E-state index >= 15 is 0 Å². The second kappa shape index (κ2) is 7.74. The molecular formula is C20H19FN4O. The van der Waals surface area contributed by atoms with Crippen LogP contribution in [0.15, 0.2) is 60.9 Å². The van der Waals surface area contributed by atoms with Gasteiger partial charge in [-0.3, -0.25) is 4.79 Å². The third kappa shape index (κ3) is 4.03. The fraction of sp³-hybridized carbons (Fsp3) is 0.150. The Kier molecular flexibility index (Phi) is 5.22. The van der Waals surface area contributed by atoms with Crippen molar-refractivity contribution in [3.63, 3.8) is 0 Å². The molecule has 132 valence electrons. The second-order valence-electron chi connectivity index (χ2n) is 5.80. The molecule has 2 aromatic carbocycles. The lowest BCUT2D eigenvalue weighted by atomic mass is 10.2. The van der Waals surface area contributed by atoms with E-state index in [9.17, 15) is 9.18 Å². The number of amides is 1. The molecule has 0 aliphatic heterocycles. The number of hydrogen-bond donors (Lipinski definition) is 1. The molecule has 5 nitrogen and oxygen atoms in total. The fourth-order valence-corrected chi connectivity index (χ4v) is 2.58. The van der Waals surface area contributed by atoms with Crippen molar-refractivity contribution in [2.75, 3.05) is 16.8 Å². The van der Waals surface area contributed by atoms with E-state index in [-0.39, 0.29) is 11.5 Å². The van der Waals surface area contributed by atoms with Gasteiger partial charge in [0.15, 0.2) is 5.82 Å². The van der Waals surface area contributed by atoms with Crippen LogP contribution in [0.2, 0.25) is 0 Å². The van der Waals surface area contributed by atoms with E-state index in [2.05, 4.69) is 21.4 Å². The molecule has 0 saturated carbocycles. The molecule has 0 aliphatic carbocycles. The van der Waals surface area contributed by atoms with Crippen molar-refractivity contribution in [2.24, 2.45) is 0 Å². The number of hydrogen-bond acceptors (Lipinski definition) is 4. The van der Waals surface area contributed by atoms with Crippen LogP contribution in [0.1, 0.15) is 23.0 Å². The molecule has 26 heavy (non-hydrogen) atoms. The largest absolute Gasteiger partial charge is 0.325 e. The number of carbonyl (C=O) groups excluding carboxylic acids is 1. The van der Waals surface area contributed by atoms with Crippen LogP contribution in [-0.4, -0.2) is 22.4 Å². The molecular weight excluding hydrogens is 331 g/mol. The molecule has 3 aromatic rings. The maximum absolute atomic E-state index is 12.9. The van der Waals surface area contributed by atoms with E-state index in [0.717, 1.165) is 17.8 Å². The minimum atomic E-state index is -0.394. The summed E-state index contributed by atoms with van der Waals surface area (Å²) in [6.45, 7) is 4.78. The first kappa shape index (κ1) is 17.5. The van der Waals surface area contributed by atoms with Gasteiger partial charge in [0.25, 0.3) is 5.91 Å². The molecule has 6 heteroatoms. The molecule has 0 radical (unpaired) electrons. The first-order valence-corrected chi connectivity index (χ1v) is 8.30. The Hall–Kier alpha value is -3.28. The summed E-state index contributed by atoms with van der Waals surface area (Å²) < 4.78 is 12.9. The summed E-state index contributed by atoms with van der Waals surface area (Å²) in [6, 6.07) is 13.7. The first-order chi connectivity index (χ1) is 12.6. The van der Waals surface area contributed by atoms with Gasteiger partial charge in [-0.15, -0.1) is 0 Å². The summed E-state index contributed by atoms with van der Waals surface area (Å²) in [6.07, 6.45) is 3.01. The van der Waals surface area contributed by atoms with Crippen molar-refractivity contribution in [1.29, 1.82) is 0 Å². The van der Waals surface area contributed by atoms with Crippen LogP contribution in [0, 0.1) is 12.7 Å². The number of nitrogens with one attached hydrogen (secondary N) is 1. The summed E-state index contributed by atoms with van der Waals surface area (Å²) in [5, 5.41) is 2.67. The normalized spacial score (nSPS) is 10.4. The molecule has 1 amide bonds. The maximum atomic E-state index is 12.9. The molecule has 1 aromatic heterocycles. The number of aryl methyl sites for hydroxylation is 1. The van der Waals surface area contributed by atoms with Crippen LogP contribution < -0.4 is 10.2 Å². The molecule has 0 saturated heterocycles. The van der Waals surface area contributed by atoms with Crippen molar-refractivity contribution >= 4 is 23.1 Å². The minimum Gasteiger partial charge on any atom is -0.325 e. The summed E-state index contributed by atoms with van der Waals surface area (Å²) >= 11 is 0. The highest BCUT2D eigenvalue weighted by Gasteiger charge is 2.12. The quantitative estimate of drug-likeness (QED) is 0.744. The van der Waals surface area contributed by atoms with Gasteiger partial charge in [0.05, 0.1) is 12.4 Å². The van der Waals surface area contributed by atoms with Gasteiger partial charge in [-0.2, -0.15) is 0 Å². The van der Waals surface area contributed by atoms with Crippen LogP contribution in [0.25, 0.3) is 0 Å². The maximum Gasteiger partial charge on any atom is 0.275 e. The Balaban J connectivity index is 1.76.